The van der Waals surface area contributed by atoms with Crippen LogP contribution in [0.25, 0.3) is 11.0 Å². The van der Waals surface area contributed by atoms with Crippen LogP contribution in [0.4, 0.5) is 0 Å². The number of carbonyl (C=O) groups excluding carboxylic acids is 3. The summed E-state index contributed by atoms with van der Waals surface area (Å²) in [5.41, 5.74) is 7.94. The van der Waals surface area contributed by atoms with Crippen LogP contribution in [-0.4, -0.2) is 45.3 Å². The van der Waals surface area contributed by atoms with Crippen molar-refractivity contribution in [2.24, 2.45) is 7.05 Å². The molecule has 3 aromatic rings. The Morgan fingerprint density at radius 3 is 2.50 bits per heavy atom. The summed E-state index contributed by atoms with van der Waals surface area (Å²) in [6.45, 7) is 1.84. The van der Waals surface area contributed by atoms with E-state index >= 15 is 0 Å². The van der Waals surface area contributed by atoms with Gasteiger partial charge in [-0.15, -0.1) is 0 Å². The van der Waals surface area contributed by atoms with Gasteiger partial charge in [0.1, 0.15) is 11.9 Å². The first-order chi connectivity index (χ1) is 15.4. The lowest BCUT2D eigenvalue weighted by Crippen LogP contribution is -2.52. The zero-order chi connectivity index (χ0) is 23.1. The third-order valence-corrected chi connectivity index (χ3v) is 5.79. The minimum Gasteiger partial charge on any atom is -0.340 e. The Hall–Kier alpha value is -3.33. The number of amides is 3. The van der Waals surface area contributed by atoms with Gasteiger partial charge in [-0.25, -0.2) is 4.98 Å². The maximum Gasteiger partial charge on any atom is 0.260 e. The number of thioether (sulfide) groups is 1. The molecule has 3 amide bonds. The van der Waals surface area contributed by atoms with Gasteiger partial charge in [0.15, 0.2) is 0 Å². The molecule has 1 aromatic heterocycles. The van der Waals surface area contributed by atoms with E-state index in [1.54, 1.807) is 23.9 Å². The molecule has 1 unspecified atom stereocenters. The number of rotatable bonds is 8. The van der Waals surface area contributed by atoms with Crippen molar-refractivity contribution in [3.8, 4) is 0 Å². The second kappa shape index (κ2) is 10.8. The summed E-state index contributed by atoms with van der Waals surface area (Å²) in [7, 11) is 1.84. The quantitative estimate of drug-likeness (QED) is 0.453. The normalized spacial score (nSPS) is 11.7. The van der Waals surface area contributed by atoms with Crippen LogP contribution in [0.5, 0.6) is 0 Å². The molecule has 1 heterocycles. The second-order valence-electron chi connectivity index (χ2n) is 7.41. The third-order valence-electron chi connectivity index (χ3n) is 5.15. The maximum atomic E-state index is 12.7. The molecule has 0 spiro atoms. The minimum absolute atomic E-state index is 0.0104. The van der Waals surface area contributed by atoms with E-state index < -0.39 is 17.9 Å². The molecule has 8 nitrogen and oxygen atoms in total. The van der Waals surface area contributed by atoms with Crippen LogP contribution < -0.4 is 16.2 Å². The molecule has 0 saturated heterocycles. The third kappa shape index (κ3) is 5.67. The Morgan fingerprint density at radius 1 is 1.06 bits per heavy atom. The summed E-state index contributed by atoms with van der Waals surface area (Å²) in [6, 6.07) is 14.0. The number of para-hydroxylation sites is 2. The van der Waals surface area contributed by atoms with Crippen molar-refractivity contribution >= 4 is 40.5 Å². The Morgan fingerprint density at radius 2 is 1.78 bits per heavy atom. The number of hydrogen-bond acceptors (Lipinski definition) is 5. The van der Waals surface area contributed by atoms with Gasteiger partial charge in [0, 0.05) is 12.6 Å². The topological polar surface area (TPSA) is 105 Å². The van der Waals surface area contributed by atoms with Crippen molar-refractivity contribution < 1.29 is 14.4 Å². The highest BCUT2D eigenvalue weighted by Gasteiger charge is 2.22. The van der Waals surface area contributed by atoms with Crippen LogP contribution in [0, 0.1) is 6.92 Å². The van der Waals surface area contributed by atoms with E-state index in [4.69, 9.17) is 0 Å². The number of aromatic nitrogens is 2. The van der Waals surface area contributed by atoms with Gasteiger partial charge in [-0.05, 0) is 49.1 Å². The molecule has 0 radical (unpaired) electrons. The summed E-state index contributed by atoms with van der Waals surface area (Å²) in [5.74, 6) is 0.0741. The average molecular weight is 454 g/mol. The predicted octanol–water partition coefficient (Wildman–Crippen LogP) is 2.12. The molecule has 0 bridgehead atoms. The Labute approximate surface area is 191 Å². The fraction of sp³-hybridized carbons (Fsp3) is 0.304. The lowest BCUT2D eigenvalue weighted by Gasteiger charge is -2.19. The Balaban J connectivity index is 1.60. The number of benzene rings is 2. The van der Waals surface area contributed by atoms with E-state index in [0.717, 1.165) is 16.6 Å². The van der Waals surface area contributed by atoms with Crippen LogP contribution in [0.15, 0.2) is 48.5 Å². The van der Waals surface area contributed by atoms with Crippen LogP contribution >= 0.6 is 11.8 Å². The first-order valence-corrected chi connectivity index (χ1v) is 11.6. The second-order valence-corrected chi connectivity index (χ2v) is 8.40. The molecular weight excluding hydrogens is 426 g/mol. The van der Waals surface area contributed by atoms with Crippen molar-refractivity contribution in [1.29, 1.82) is 0 Å². The molecule has 168 valence electrons. The SMILES string of the molecule is CSCCC(NC(=O)c1ccccc1C)C(=O)NNC(=O)Cc1nc2ccccc2n1C. The molecule has 0 aliphatic heterocycles. The van der Waals surface area contributed by atoms with E-state index in [0.29, 0.717) is 23.6 Å². The molecule has 3 N–H and O–H groups in total. The summed E-state index contributed by atoms with van der Waals surface area (Å²) in [4.78, 5) is 42.2. The number of hydrazine groups is 1. The van der Waals surface area contributed by atoms with Crippen molar-refractivity contribution in [1.82, 2.24) is 25.7 Å². The van der Waals surface area contributed by atoms with Gasteiger partial charge < -0.3 is 9.88 Å². The molecular formula is C23H27N5O3S. The molecule has 1 atom stereocenters. The zero-order valence-corrected chi connectivity index (χ0v) is 19.2. The Kier molecular flexibility index (Phi) is 7.88. The fourth-order valence-electron chi connectivity index (χ4n) is 3.33. The van der Waals surface area contributed by atoms with Gasteiger partial charge in [-0.1, -0.05) is 30.3 Å². The van der Waals surface area contributed by atoms with Crippen molar-refractivity contribution in [2.45, 2.75) is 25.8 Å². The van der Waals surface area contributed by atoms with Crippen LogP contribution in [0.2, 0.25) is 0 Å². The van der Waals surface area contributed by atoms with Crippen molar-refractivity contribution in [3.63, 3.8) is 0 Å². The number of aryl methyl sites for hydroxylation is 2. The fourth-order valence-corrected chi connectivity index (χ4v) is 3.80. The molecule has 3 rings (SSSR count). The highest BCUT2D eigenvalue weighted by molar-refractivity contribution is 7.98. The highest BCUT2D eigenvalue weighted by Crippen LogP contribution is 2.14. The van der Waals surface area contributed by atoms with Gasteiger partial charge in [0.25, 0.3) is 11.8 Å². The van der Waals surface area contributed by atoms with E-state index in [1.807, 2.05) is 61.2 Å². The monoisotopic (exact) mass is 453 g/mol. The van der Waals surface area contributed by atoms with Gasteiger partial charge >= 0.3 is 0 Å². The molecule has 9 heteroatoms. The number of nitrogens with zero attached hydrogens (tertiary/aromatic N) is 2. The first kappa shape index (κ1) is 23.3. The summed E-state index contributed by atoms with van der Waals surface area (Å²) in [6.07, 6.45) is 2.37. The molecule has 2 aromatic carbocycles. The number of hydrogen-bond donors (Lipinski definition) is 3. The predicted molar refractivity (Wildman–Crippen MR) is 126 cm³/mol. The Bertz CT molecular complexity index is 1130. The standard InChI is InChI=1S/C23H27N5O3S/c1-15-8-4-5-9-16(15)22(30)25-18(12-13-32-3)23(31)27-26-21(29)14-20-24-17-10-6-7-11-19(17)28(20)2/h4-11,18H,12-14H2,1-3H3,(H,25,30)(H,26,29)(H,27,31). The number of fused-ring (bicyclic) bond motifs is 1. The smallest absolute Gasteiger partial charge is 0.260 e. The van der Waals surface area contributed by atoms with Crippen LogP contribution in [0.1, 0.15) is 28.2 Å². The van der Waals surface area contributed by atoms with Gasteiger partial charge in [-0.2, -0.15) is 11.8 Å². The molecule has 0 fully saturated rings. The average Bonchev–Trinajstić information content (AvgIpc) is 3.10. The van der Waals surface area contributed by atoms with E-state index in [1.165, 1.54) is 0 Å². The van der Waals surface area contributed by atoms with E-state index in [2.05, 4.69) is 21.2 Å². The number of carbonyl (C=O) groups is 3. The number of nitrogens with one attached hydrogen (secondary N) is 3. The van der Waals surface area contributed by atoms with Crippen LogP contribution in [0.3, 0.4) is 0 Å². The molecule has 32 heavy (non-hydrogen) atoms. The molecule has 0 aliphatic carbocycles. The molecule has 0 aliphatic rings. The van der Waals surface area contributed by atoms with Crippen molar-refractivity contribution in [3.05, 3.63) is 65.5 Å². The van der Waals surface area contributed by atoms with E-state index in [9.17, 15) is 14.4 Å². The minimum atomic E-state index is -0.773. The van der Waals surface area contributed by atoms with Gasteiger partial charge in [-0.3, -0.25) is 25.2 Å². The first-order valence-electron chi connectivity index (χ1n) is 10.2. The van der Waals surface area contributed by atoms with Crippen LogP contribution in [-0.2, 0) is 23.1 Å². The van der Waals surface area contributed by atoms with Gasteiger partial charge in [0.05, 0.1) is 17.5 Å². The lowest BCUT2D eigenvalue weighted by atomic mass is 10.1. The van der Waals surface area contributed by atoms with Gasteiger partial charge in [0.2, 0.25) is 5.91 Å². The zero-order valence-electron chi connectivity index (χ0n) is 18.3. The maximum absolute atomic E-state index is 12.7. The summed E-state index contributed by atoms with van der Waals surface area (Å²) < 4.78 is 1.85. The molecule has 0 saturated carbocycles. The van der Waals surface area contributed by atoms with Crippen molar-refractivity contribution in [2.75, 3.05) is 12.0 Å². The van der Waals surface area contributed by atoms with E-state index in [-0.39, 0.29) is 12.3 Å². The lowest BCUT2D eigenvalue weighted by molar-refractivity contribution is -0.129. The number of imidazole rings is 1. The summed E-state index contributed by atoms with van der Waals surface area (Å²) >= 11 is 1.57. The highest BCUT2D eigenvalue weighted by atomic mass is 32.2. The largest absolute Gasteiger partial charge is 0.340 e. The summed E-state index contributed by atoms with van der Waals surface area (Å²) in [5, 5.41) is 2.78.